The van der Waals surface area contributed by atoms with Crippen LogP contribution in [0.2, 0.25) is 0 Å². The van der Waals surface area contributed by atoms with Crippen molar-refractivity contribution in [2.24, 2.45) is 7.05 Å². The average Bonchev–Trinajstić information content (AvgIpc) is 3.07. The van der Waals surface area contributed by atoms with Gasteiger partial charge in [-0.05, 0) is 13.0 Å². The van der Waals surface area contributed by atoms with Gasteiger partial charge in [0.15, 0.2) is 0 Å². The van der Waals surface area contributed by atoms with Crippen LogP contribution in [0.25, 0.3) is 22.5 Å². The molecule has 3 aromatic heterocycles. The van der Waals surface area contributed by atoms with E-state index >= 15 is 0 Å². The zero-order valence-electron chi connectivity index (χ0n) is 11.6. The molecule has 0 saturated heterocycles. The van der Waals surface area contributed by atoms with Crippen LogP contribution in [0.1, 0.15) is 11.3 Å². The Labute approximate surface area is 121 Å². The number of pyridine rings is 1. The number of aryl methyl sites for hydroxylation is 2. The number of nitriles is 1. The molecule has 0 saturated carbocycles. The first-order chi connectivity index (χ1) is 10.1. The van der Waals surface area contributed by atoms with Gasteiger partial charge in [-0.15, -0.1) is 0 Å². The molecule has 0 aliphatic carbocycles. The average molecular weight is 279 g/mol. The van der Waals surface area contributed by atoms with Gasteiger partial charge in [0.2, 0.25) is 0 Å². The lowest BCUT2D eigenvalue weighted by molar-refractivity contribution is 0.756. The molecular formula is C14H13N7. The number of nitrogens with one attached hydrogen (secondary N) is 1. The molecule has 7 heteroatoms. The van der Waals surface area contributed by atoms with Crippen molar-refractivity contribution in [3.05, 3.63) is 36.0 Å². The maximum Gasteiger partial charge on any atom is 0.142 e. The van der Waals surface area contributed by atoms with Crippen LogP contribution in [-0.2, 0) is 7.05 Å². The highest BCUT2D eigenvalue weighted by atomic mass is 15.2. The Hall–Kier alpha value is -3.14. The Morgan fingerprint density at radius 1 is 1.38 bits per heavy atom. The lowest BCUT2D eigenvalue weighted by Gasteiger charge is -2.07. The number of hydrogen-bond donors (Lipinski definition) is 2. The standard InChI is InChI=1S/C14H13N7/c1-8-11(6-21(2)20-8)12-3-9(13-5-17-7-18-13)10(4-15)14(16)19-12/h3,5-7H,1-2H3,(H2,16,19)(H,17,18). The second-order valence-electron chi connectivity index (χ2n) is 4.69. The van der Waals surface area contributed by atoms with Crippen LogP contribution in [0.15, 0.2) is 24.8 Å². The topological polar surface area (TPSA) is 109 Å². The summed E-state index contributed by atoms with van der Waals surface area (Å²) in [5, 5.41) is 13.6. The Morgan fingerprint density at radius 3 is 2.76 bits per heavy atom. The van der Waals surface area contributed by atoms with E-state index in [1.165, 1.54) is 0 Å². The molecule has 0 unspecified atom stereocenters. The summed E-state index contributed by atoms with van der Waals surface area (Å²) >= 11 is 0. The lowest BCUT2D eigenvalue weighted by atomic mass is 10.0. The molecule has 0 spiro atoms. The molecular weight excluding hydrogens is 266 g/mol. The number of aromatic amines is 1. The summed E-state index contributed by atoms with van der Waals surface area (Å²) in [6, 6.07) is 3.92. The van der Waals surface area contributed by atoms with Gasteiger partial charge in [0.1, 0.15) is 17.5 Å². The van der Waals surface area contributed by atoms with E-state index in [1.54, 1.807) is 17.2 Å². The second-order valence-corrected chi connectivity index (χ2v) is 4.69. The third-order valence-corrected chi connectivity index (χ3v) is 3.24. The van der Waals surface area contributed by atoms with E-state index in [4.69, 9.17) is 5.73 Å². The maximum atomic E-state index is 9.30. The molecule has 3 aromatic rings. The van der Waals surface area contributed by atoms with Crippen LogP contribution in [0.5, 0.6) is 0 Å². The summed E-state index contributed by atoms with van der Waals surface area (Å²) in [7, 11) is 1.85. The third kappa shape index (κ3) is 2.12. The molecule has 0 atom stereocenters. The summed E-state index contributed by atoms with van der Waals surface area (Å²) in [5.41, 5.74) is 10.1. The zero-order valence-corrected chi connectivity index (χ0v) is 11.6. The van der Waals surface area contributed by atoms with Crippen molar-refractivity contribution in [3.63, 3.8) is 0 Å². The molecule has 21 heavy (non-hydrogen) atoms. The van der Waals surface area contributed by atoms with Gasteiger partial charge >= 0.3 is 0 Å². The quantitative estimate of drug-likeness (QED) is 0.741. The van der Waals surface area contributed by atoms with Crippen molar-refractivity contribution in [2.45, 2.75) is 6.92 Å². The monoisotopic (exact) mass is 279 g/mol. The number of anilines is 1. The largest absolute Gasteiger partial charge is 0.383 e. The molecule has 0 radical (unpaired) electrons. The minimum absolute atomic E-state index is 0.197. The Balaban J connectivity index is 2.26. The minimum Gasteiger partial charge on any atom is -0.383 e. The molecule has 3 heterocycles. The lowest BCUT2D eigenvalue weighted by Crippen LogP contribution is -2.00. The van der Waals surface area contributed by atoms with Crippen LogP contribution < -0.4 is 5.73 Å². The van der Waals surface area contributed by atoms with Gasteiger partial charge in [0.05, 0.1) is 29.6 Å². The van der Waals surface area contributed by atoms with Gasteiger partial charge in [-0.2, -0.15) is 10.4 Å². The predicted octanol–water partition coefficient (Wildman–Crippen LogP) is 1.63. The highest BCUT2D eigenvalue weighted by molar-refractivity contribution is 5.78. The zero-order chi connectivity index (χ0) is 15.0. The van der Waals surface area contributed by atoms with Crippen molar-refractivity contribution in [3.8, 4) is 28.6 Å². The van der Waals surface area contributed by atoms with Crippen LogP contribution in [-0.4, -0.2) is 24.7 Å². The predicted molar refractivity (Wildman–Crippen MR) is 77.9 cm³/mol. The summed E-state index contributed by atoms with van der Waals surface area (Å²) in [4.78, 5) is 11.3. The van der Waals surface area contributed by atoms with Gasteiger partial charge in [-0.25, -0.2) is 9.97 Å². The van der Waals surface area contributed by atoms with E-state index in [0.29, 0.717) is 16.8 Å². The Morgan fingerprint density at radius 2 is 2.19 bits per heavy atom. The number of rotatable bonds is 2. The van der Waals surface area contributed by atoms with Gasteiger partial charge in [0, 0.05) is 24.4 Å². The van der Waals surface area contributed by atoms with Crippen molar-refractivity contribution in [1.82, 2.24) is 24.7 Å². The molecule has 0 fully saturated rings. The second kappa shape index (κ2) is 4.76. The summed E-state index contributed by atoms with van der Waals surface area (Å²) in [6.07, 6.45) is 5.08. The first kappa shape index (κ1) is 12.9. The van der Waals surface area contributed by atoms with E-state index in [-0.39, 0.29) is 5.82 Å². The van der Waals surface area contributed by atoms with E-state index in [1.807, 2.05) is 26.2 Å². The molecule has 0 aliphatic heterocycles. The molecule has 7 nitrogen and oxygen atoms in total. The molecule has 0 aromatic carbocycles. The minimum atomic E-state index is 0.197. The summed E-state index contributed by atoms with van der Waals surface area (Å²) < 4.78 is 1.72. The van der Waals surface area contributed by atoms with Crippen molar-refractivity contribution in [1.29, 1.82) is 5.26 Å². The summed E-state index contributed by atoms with van der Waals surface area (Å²) in [6.45, 7) is 1.90. The first-order valence-corrected chi connectivity index (χ1v) is 6.30. The molecule has 104 valence electrons. The van der Waals surface area contributed by atoms with Gasteiger partial charge < -0.3 is 10.7 Å². The van der Waals surface area contributed by atoms with E-state index < -0.39 is 0 Å². The van der Waals surface area contributed by atoms with Crippen LogP contribution in [0.4, 0.5) is 5.82 Å². The van der Waals surface area contributed by atoms with Crippen molar-refractivity contribution >= 4 is 5.82 Å². The first-order valence-electron chi connectivity index (χ1n) is 6.30. The number of H-pyrrole nitrogens is 1. The van der Waals surface area contributed by atoms with Crippen molar-refractivity contribution < 1.29 is 0 Å². The van der Waals surface area contributed by atoms with E-state index in [9.17, 15) is 5.26 Å². The fraction of sp³-hybridized carbons (Fsp3) is 0.143. The van der Waals surface area contributed by atoms with Crippen LogP contribution >= 0.6 is 0 Å². The summed E-state index contributed by atoms with van der Waals surface area (Å²) in [5.74, 6) is 0.197. The van der Waals surface area contributed by atoms with Crippen LogP contribution in [0.3, 0.4) is 0 Å². The van der Waals surface area contributed by atoms with Crippen molar-refractivity contribution in [2.75, 3.05) is 5.73 Å². The van der Waals surface area contributed by atoms with Gasteiger partial charge in [-0.3, -0.25) is 4.68 Å². The molecule has 0 aliphatic rings. The number of nitrogen functional groups attached to an aromatic ring is 1. The number of imidazole rings is 1. The third-order valence-electron chi connectivity index (χ3n) is 3.24. The number of hydrogen-bond acceptors (Lipinski definition) is 5. The smallest absolute Gasteiger partial charge is 0.142 e. The van der Waals surface area contributed by atoms with E-state index in [2.05, 4.69) is 26.1 Å². The Bertz CT molecular complexity index is 837. The highest BCUT2D eigenvalue weighted by Crippen LogP contribution is 2.30. The molecule has 0 amide bonds. The van der Waals surface area contributed by atoms with Gasteiger partial charge in [-0.1, -0.05) is 0 Å². The number of nitrogens with two attached hydrogens (primary N) is 1. The maximum absolute atomic E-state index is 9.30. The molecule has 0 bridgehead atoms. The Kier molecular flexibility index (Phi) is 2.92. The van der Waals surface area contributed by atoms with Gasteiger partial charge in [0.25, 0.3) is 0 Å². The fourth-order valence-corrected chi connectivity index (χ4v) is 2.29. The van der Waals surface area contributed by atoms with E-state index in [0.717, 1.165) is 17.0 Å². The number of nitrogens with zero attached hydrogens (tertiary/aromatic N) is 5. The molecule has 3 rings (SSSR count). The fourth-order valence-electron chi connectivity index (χ4n) is 2.29. The normalized spacial score (nSPS) is 10.5. The SMILES string of the molecule is Cc1nn(C)cc1-c1cc(-c2cnc[nH]2)c(C#N)c(N)n1. The molecule has 3 N–H and O–H groups in total. The van der Waals surface area contributed by atoms with Crippen LogP contribution in [0, 0.1) is 18.3 Å². The number of aromatic nitrogens is 5. The highest BCUT2D eigenvalue weighted by Gasteiger charge is 2.16.